The van der Waals surface area contributed by atoms with Gasteiger partial charge in [0, 0.05) is 27.8 Å². The van der Waals surface area contributed by atoms with Crippen molar-refractivity contribution >= 4 is 17.5 Å². The number of nitrogen functional groups attached to an aromatic ring is 1. The standard InChI is InChI=1S/C25H22ClN3O3/c1-15-23(20-8-3-4-9-22(20)31-2)24(29-25(27)28-15)19-11-10-18(13-21(19)30)32-14-16-6-5-7-17(26)12-16/h3-13,30H,14H2,1-2H3,(H2,27,28,29). The number of phenols is 1. The van der Waals surface area contributed by atoms with Gasteiger partial charge in [-0.2, -0.15) is 0 Å². The molecule has 32 heavy (non-hydrogen) atoms. The van der Waals surface area contributed by atoms with Gasteiger partial charge < -0.3 is 20.3 Å². The lowest BCUT2D eigenvalue weighted by Gasteiger charge is -2.16. The maximum absolute atomic E-state index is 10.8. The number of phenolic OH excluding ortho intramolecular Hbond substituents is 1. The average molecular weight is 448 g/mol. The Morgan fingerprint density at radius 3 is 2.53 bits per heavy atom. The van der Waals surface area contributed by atoms with Gasteiger partial charge in [0.15, 0.2) is 0 Å². The molecule has 0 atom stereocenters. The van der Waals surface area contributed by atoms with E-state index in [2.05, 4.69) is 9.97 Å². The van der Waals surface area contributed by atoms with E-state index in [9.17, 15) is 5.11 Å². The molecule has 0 radical (unpaired) electrons. The van der Waals surface area contributed by atoms with Crippen molar-refractivity contribution in [3.8, 4) is 39.6 Å². The van der Waals surface area contributed by atoms with Gasteiger partial charge in [0.25, 0.3) is 0 Å². The van der Waals surface area contributed by atoms with E-state index in [-0.39, 0.29) is 11.7 Å². The minimum absolute atomic E-state index is 0.0160. The number of hydrogen-bond donors (Lipinski definition) is 2. The van der Waals surface area contributed by atoms with Crippen LogP contribution in [0, 0.1) is 6.92 Å². The Hall–Kier alpha value is -3.77. The lowest BCUT2D eigenvalue weighted by Crippen LogP contribution is -2.03. The van der Waals surface area contributed by atoms with Gasteiger partial charge in [0.1, 0.15) is 23.9 Å². The third-order valence-electron chi connectivity index (χ3n) is 5.00. The van der Waals surface area contributed by atoms with Crippen molar-refractivity contribution in [3.63, 3.8) is 0 Å². The van der Waals surface area contributed by atoms with E-state index < -0.39 is 0 Å². The van der Waals surface area contributed by atoms with Crippen LogP contribution >= 0.6 is 11.6 Å². The van der Waals surface area contributed by atoms with Crippen molar-refractivity contribution in [3.05, 3.63) is 83.0 Å². The molecule has 4 rings (SSSR count). The van der Waals surface area contributed by atoms with Crippen molar-refractivity contribution in [2.75, 3.05) is 12.8 Å². The van der Waals surface area contributed by atoms with E-state index in [0.717, 1.165) is 16.7 Å². The lowest BCUT2D eigenvalue weighted by atomic mass is 9.96. The number of aromatic nitrogens is 2. The fourth-order valence-electron chi connectivity index (χ4n) is 3.56. The Morgan fingerprint density at radius 2 is 1.78 bits per heavy atom. The first-order chi connectivity index (χ1) is 15.5. The largest absolute Gasteiger partial charge is 0.507 e. The monoisotopic (exact) mass is 447 g/mol. The zero-order valence-electron chi connectivity index (χ0n) is 17.7. The van der Waals surface area contributed by atoms with E-state index in [1.54, 1.807) is 31.4 Å². The van der Waals surface area contributed by atoms with Crippen LogP contribution in [0.25, 0.3) is 22.4 Å². The van der Waals surface area contributed by atoms with Gasteiger partial charge in [-0.15, -0.1) is 0 Å². The maximum atomic E-state index is 10.8. The van der Waals surface area contributed by atoms with Crippen molar-refractivity contribution in [2.24, 2.45) is 0 Å². The van der Waals surface area contributed by atoms with Crippen LogP contribution in [0.5, 0.6) is 17.2 Å². The van der Waals surface area contributed by atoms with Crippen molar-refractivity contribution in [1.82, 2.24) is 9.97 Å². The molecule has 6 nitrogen and oxygen atoms in total. The molecule has 0 saturated carbocycles. The molecule has 0 aliphatic heterocycles. The minimum Gasteiger partial charge on any atom is -0.507 e. The number of anilines is 1. The molecule has 1 heterocycles. The zero-order valence-corrected chi connectivity index (χ0v) is 18.4. The molecular formula is C25H22ClN3O3. The molecule has 0 unspecified atom stereocenters. The van der Waals surface area contributed by atoms with Crippen LogP contribution in [0.2, 0.25) is 5.02 Å². The molecule has 0 amide bonds. The number of halogens is 1. The summed E-state index contributed by atoms with van der Waals surface area (Å²) in [4.78, 5) is 8.77. The Bertz CT molecular complexity index is 1280. The number of nitrogens with zero attached hydrogens (tertiary/aromatic N) is 2. The second-order valence-electron chi connectivity index (χ2n) is 7.19. The zero-order chi connectivity index (χ0) is 22.7. The van der Waals surface area contributed by atoms with Crippen LogP contribution in [-0.4, -0.2) is 22.2 Å². The second kappa shape index (κ2) is 9.16. The topological polar surface area (TPSA) is 90.5 Å². The average Bonchev–Trinajstić information content (AvgIpc) is 2.77. The molecule has 3 aromatic carbocycles. The van der Waals surface area contributed by atoms with Crippen LogP contribution in [0.15, 0.2) is 66.7 Å². The van der Waals surface area contributed by atoms with Crippen molar-refractivity contribution < 1.29 is 14.6 Å². The Labute approximate surface area is 191 Å². The van der Waals surface area contributed by atoms with Crippen LogP contribution in [0.3, 0.4) is 0 Å². The van der Waals surface area contributed by atoms with Gasteiger partial charge in [-0.25, -0.2) is 9.97 Å². The molecule has 0 spiro atoms. The molecule has 0 aliphatic rings. The molecule has 0 aliphatic carbocycles. The summed E-state index contributed by atoms with van der Waals surface area (Å²) in [5, 5.41) is 11.5. The Morgan fingerprint density at radius 1 is 0.969 bits per heavy atom. The summed E-state index contributed by atoms with van der Waals surface area (Å²) in [6.45, 7) is 2.17. The molecular weight excluding hydrogens is 426 g/mol. The Balaban J connectivity index is 1.72. The number of para-hydroxylation sites is 1. The second-order valence-corrected chi connectivity index (χ2v) is 7.63. The van der Waals surface area contributed by atoms with E-state index in [1.807, 2.05) is 49.4 Å². The first-order valence-electron chi connectivity index (χ1n) is 9.94. The smallest absolute Gasteiger partial charge is 0.220 e. The number of benzene rings is 3. The van der Waals surface area contributed by atoms with Crippen molar-refractivity contribution in [2.45, 2.75) is 13.5 Å². The summed E-state index contributed by atoms with van der Waals surface area (Å²) in [6, 6.07) is 20.1. The summed E-state index contributed by atoms with van der Waals surface area (Å²) in [5.74, 6) is 1.33. The van der Waals surface area contributed by atoms with E-state index >= 15 is 0 Å². The molecule has 7 heteroatoms. The SMILES string of the molecule is COc1ccccc1-c1c(C)nc(N)nc1-c1ccc(OCc2cccc(Cl)c2)cc1O. The van der Waals surface area contributed by atoms with Gasteiger partial charge in [-0.3, -0.25) is 0 Å². The lowest BCUT2D eigenvalue weighted by molar-refractivity contribution is 0.304. The fraction of sp³-hybridized carbons (Fsp3) is 0.120. The fourth-order valence-corrected chi connectivity index (χ4v) is 3.77. The predicted octanol–water partition coefficient (Wildman–Crippen LogP) is 5.65. The summed E-state index contributed by atoms with van der Waals surface area (Å²) in [5.41, 5.74) is 10.1. The first kappa shape index (κ1) is 21.5. The highest BCUT2D eigenvalue weighted by Crippen LogP contribution is 2.41. The molecule has 162 valence electrons. The van der Waals surface area contributed by atoms with Gasteiger partial charge >= 0.3 is 0 Å². The predicted molar refractivity (Wildman–Crippen MR) is 126 cm³/mol. The third kappa shape index (κ3) is 4.45. The quantitative estimate of drug-likeness (QED) is 0.397. The van der Waals surface area contributed by atoms with E-state index in [1.165, 1.54) is 0 Å². The molecule has 0 saturated heterocycles. The van der Waals surface area contributed by atoms with Gasteiger partial charge in [-0.1, -0.05) is 41.9 Å². The van der Waals surface area contributed by atoms with Gasteiger partial charge in [-0.05, 0) is 42.8 Å². The third-order valence-corrected chi connectivity index (χ3v) is 5.24. The Kier molecular flexibility index (Phi) is 6.14. The van der Waals surface area contributed by atoms with Crippen LogP contribution in [0.4, 0.5) is 5.95 Å². The molecule has 1 aromatic heterocycles. The molecule has 0 fully saturated rings. The van der Waals surface area contributed by atoms with Crippen LogP contribution < -0.4 is 15.2 Å². The highest BCUT2D eigenvalue weighted by Gasteiger charge is 2.20. The van der Waals surface area contributed by atoms with Crippen molar-refractivity contribution in [1.29, 1.82) is 0 Å². The summed E-state index contributed by atoms with van der Waals surface area (Å²) < 4.78 is 11.4. The van der Waals surface area contributed by atoms with Gasteiger partial charge in [0.2, 0.25) is 5.95 Å². The number of nitrogens with two attached hydrogens (primary N) is 1. The highest BCUT2D eigenvalue weighted by molar-refractivity contribution is 6.30. The number of hydrogen-bond acceptors (Lipinski definition) is 6. The number of rotatable bonds is 6. The number of aryl methyl sites for hydroxylation is 1. The number of aromatic hydroxyl groups is 1. The summed E-state index contributed by atoms with van der Waals surface area (Å²) in [6.07, 6.45) is 0. The van der Waals surface area contributed by atoms with Crippen LogP contribution in [-0.2, 0) is 6.61 Å². The van der Waals surface area contributed by atoms with E-state index in [0.29, 0.717) is 40.1 Å². The van der Waals surface area contributed by atoms with Gasteiger partial charge in [0.05, 0.1) is 18.5 Å². The highest BCUT2D eigenvalue weighted by atomic mass is 35.5. The minimum atomic E-state index is 0.0160. The molecule has 3 N–H and O–H groups in total. The van der Waals surface area contributed by atoms with Crippen LogP contribution in [0.1, 0.15) is 11.3 Å². The summed E-state index contributed by atoms with van der Waals surface area (Å²) >= 11 is 6.03. The normalized spacial score (nSPS) is 10.7. The van der Waals surface area contributed by atoms with E-state index in [4.69, 9.17) is 26.8 Å². The summed E-state index contributed by atoms with van der Waals surface area (Å²) in [7, 11) is 1.61. The maximum Gasteiger partial charge on any atom is 0.220 e. The first-order valence-corrected chi connectivity index (χ1v) is 10.3. The number of methoxy groups -OCH3 is 1. The molecule has 0 bridgehead atoms. The molecule has 4 aromatic rings. The number of ether oxygens (including phenoxy) is 2.